The van der Waals surface area contributed by atoms with Gasteiger partial charge in [0.25, 0.3) is 0 Å². The van der Waals surface area contributed by atoms with Gasteiger partial charge in [0.05, 0.1) is 11.1 Å². The highest BCUT2D eigenvalue weighted by Crippen LogP contribution is 2.40. The molecular formula is C21H22N2O3. The van der Waals surface area contributed by atoms with E-state index < -0.39 is 0 Å². The van der Waals surface area contributed by atoms with E-state index in [1.807, 2.05) is 12.1 Å². The van der Waals surface area contributed by atoms with Crippen LogP contribution >= 0.6 is 0 Å². The number of Topliss-reactive ketones (excluding diaryl/α,β-unsaturated/α-hetero) is 1. The molecule has 1 saturated heterocycles. The lowest BCUT2D eigenvalue weighted by Gasteiger charge is -2.33. The zero-order chi connectivity index (χ0) is 18.1. The lowest BCUT2D eigenvalue weighted by atomic mass is 10.0. The highest BCUT2D eigenvalue weighted by atomic mass is 16.5. The first-order valence-corrected chi connectivity index (χ1v) is 9.06. The summed E-state index contributed by atoms with van der Waals surface area (Å²) >= 11 is 0. The van der Waals surface area contributed by atoms with E-state index in [9.17, 15) is 9.90 Å². The molecule has 2 aromatic rings. The van der Waals surface area contributed by atoms with Gasteiger partial charge in [0.2, 0.25) is 5.78 Å². The number of fused-ring (bicyclic) bond motifs is 1. The van der Waals surface area contributed by atoms with Crippen molar-refractivity contribution >= 4 is 11.9 Å². The number of likely N-dealkylation sites (tertiary alicyclic amines) is 1. The minimum absolute atomic E-state index is 0.156. The lowest BCUT2D eigenvalue weighted by molar-refractivity contribution is 0.101. The molecule has 0 radical (unpaired) electrons. The molecule has 0 aliphatic carbocycles. The molecule has 5 heteroatoms. The van der Waals surface area contributed by atoms with Crippen LogP contribution in [0.3, 0.4) is 0 Å². The number of hydrogen-bond acceptors (Lipinski definition) is 5. The van der Waals surface area contributed by atoms with E-state index in [1.165, 1.54) is 6.42 Å². The molecule has 5 nitrogen and oxygen atoms in total. The number of piperidine rings is 1. The van der Waals surface area contributed by atoms with E-state index in [0.29, 0.717) is 29.5 Å². The first kappa shape index (κ1) is 16.8. The van der Waals surface area contributed by atoms with E-state index in [0.717, 1.165) is 24.9 Å². The van der Waals surface area contributed by atoms with Crippen molar-refractivity contribution in [3.63, 3.8) is 0 Å². The topological polar surface area (TPSA) is 62.7 Å². The third-order valence-corrected chi connectivity index (χ3v) is 5.20. The Morgan fingerprint density at radius 3 is 3.00 bits per heavy atom. The zero-order valence-corrected chi connectivity index (χ0v) is 14.8. The molecule has 0 spiro atoms. The van der Waals surface area contributed by atoms with Crippen LogP contribution in [0.2, 0.25) is 0 Å². The summed E-state index contributed by atoms with van der Waals surface area (Å²) in [5, 5.41) is 10.4. The van der Waals surface area contributed by atoms with Crippen molar-refractivity contribution in [1.29, 1.82) is 0 Å². The summed E-state index contributed by atoms with van der Waals surface area (Å²) in [6, 6.07) is 7.38. The number of pyridine rings is 1. The molecule has 3 heterocycles. The molecule has 1 N–H and O–H groups in total. The normalized spacial score (nSPS) is 21.7. The Bertz CT molecular complexity index is 861. The number of benzene rings is 1. The number of aromatic nitrogens is 1. The molecular weight excluding hydrogens is 328 g/mol. The maximum atomic E-state index is 12.7. The fraction of sp³-hybridized carbons (Fsp3) is 0.333. The predicted molar refractivity (Wildman–Crippen MR) is 99.0 cm³/mol. The zero-order valence-electron chi connectivity index (χ0n) is 14.8. The van der Waals surface area contributed by atoms with E-state index in [2.05, 4.69) is 16.8 Å². The molecule has 1 unspecified atom stereocenters. The summed E-state index contributed by atoms with van der Waals surface area (Å²) in [6.45, 7) is 3.79. The van der Waals surface area contributed by atoms with Gasteiger partial charge in [-0.3, -0.25) is 14.7 Å². The second kappa shape index (κ2) is 6.92. The molecule has 1 aromatic carbocycles. The quantitative estimate of drug-likeness (QED) is 0.854. The highest BCUT2D eigenvalue weighted by Gasteiger charge is 2.32. The van der Waals surface area contributed by atoms with Crippen LogP contribution in [0.4, 0.5) is 0 Å². The summed E-state index contributed by atoms with van der Waals surface area (Å²) in [4.78, 5) is 19.1. The van der Waals surface area contributed by atoms with Crippen molar-refractivity contribution in [1.82, 2.24) is 9.88 Å². The van der Waals surface area contributed by atoms with Crippen molar-refractivity contribution in [2.24, 2.45) is 0 Å². The number of ketones is 1. The van der Waals surface area contributed by atoms with Gasteiger partial charge in [-0.05, 0) is 56.1 Å². The first-order valence-electron chi connectivity index (χ1n) is 9.06. The Morgan fingerprint density at radius 2 is 2.23 bits per heavy atom. The molecule has 1 fully saturated rings. The van der Waals surface area contributed by atoms with Gasteiger partial charge >= 0.3 is 0 Å². The van der Waals surface area contributed by atoms with Crippen LogP contribution in [0.25, 0.3) is 6.08 Å². The standard InChI is InChI=1S/C21H22N2O3/c1-14-5-2-3-10-23(14)13-17-18(24)8-7-16-20(25)19(26-21(16)17)11-15-6-4-9-22-12-15/h4,6-9,11-12,14,24H,2-3,5,10,13H2,1H3/b19-11-. The molecule has 1 aromatic heterocycles. The van der Waals surface area contributed by atoms with Crippen LogP contribution in [0.5, 0.6) is 11.5 Å². The molecule has 134 valence electrons. The second-order valence-electron chi connectivity index (χ2n) is 6.98. The van der Waals surface area contributed by atoms with E-state index in [1.54, 1.807) is 30.6 Å². The van der Waals surface area contributed by atoms with Crippen molar-refractivity contribution in [3.8, 4) is 11.5 Å². The van der Waals surface area contributed by atoms with Crippen LogP contribution < -0.4 is 4.74 Å². The smallest absolute Gasteiger partial charge is 0.231 e. The van der Waals surface area contributed by atoms with Crippen LogP contribution in [-0.2, 0) is 6.54 Å². The Kier molecular flexibility index (Phi) is 4.47. The Labute approximate surface area is 152 Å². The molecule has 0 bridgehead atoms. The van der Waals surface area contributed by atoms with Gasteiger partial charge in [0, 0.05) is 25.0 Å². The fourth-order valence-corrected chi connectivity index (χ4v) is 3.66. The highest BCUT2D eigenvalue weighted by molar-refractivity contribution is 6.14. The van der Waals surface area contributed by atoms with Gasteiger partial charge < -0.3 is 9.84 Å². The Morgan fingerprint density at radius 1 is 1.35 bits per heavy atom. The summed E-state index contributed by atoms with van der Waals surface area (Å²) in [6.07, 6.45) is 8.61. The molecule has 26 heavy (non-hydrogen) atoms. The average molecular weight is 350 g/mol. The average Bonchev–Trinajstić information content (AvgIpc) is 2.96. The number of nitrogens with zero attached hydrogens (tertiary/aromatic N) is 2. The second-order valence-corrected chi connectivity index (χ2v) is 6.98. The van der Waals surface area contributed by atoms with E-state index in [-0.39, 0.29) is 17.3 Å². The number of ether oxygens (including phenoxy) is 1. The van der Waals surface area contributed by atoms with E-state index in [4.69, 9.17) is 4.74 Å². The molecule has 1 atom stereocenters. The van der Waals surface area contributed by atoms with E-state index >= 15 is 0 Å². The Balaban J connectivity index is 1.66. The van der Waals surface area contributed by atoms with Gasteiger partial charge in [-0.15, -0.1) is 0 Å². The maximum Gasteiger partial charge on any atom is 0.231 e. The molecule has 2 aliphatic rings. The molecule has 0 amide bonds. The van der Waals surface area contributed by atoms with Crippen LogP contribution in [0.15, 0.2) is 42.4 Å². The van der Waals surface area contributed by atoms with Crippen molar-refractivity contribution in [3.05, 3.63) is 59.1 Å². The van der Waals surface area contributed by atoms with Crippen molar-refractivity contribution < 1.29 is 14.6 Å². The summed E-state index contributed by atoms with van der Waals surface area (Å²) in [5.74, 6) is 0.781. The monoisotopic (exact) mass is 350 g/mol. The number of carbonyl (C=O) groups is 1. The van der Waals surface area contributed by atoms with Crippen LogP contribution in [-0.4, -0.2) is 33.4 Å². The predicted octanol–water partition coefficient (Wildman–Crippen LogP) is 3.78. The third-order valence-electron chi connectivity index (χ3n) is 5.20. The van der Waals surface area contributed by atoms with Crippen LogP contribution in [0, 0.1) is 0 Å². The molecule has 4 rings (SSSR count). The summed E-state index contributed by atoms with van der Waals surface area (Å²) < 4.78 is 5.91. The number of allylic oxidation sites excluding steroid dienone is 1. The fourth-order valence-electron chi connectivity index (χ4n) is 3.66. The SMILES string of the molecule is CC1CCCCN1Cc1c(O)ccc2c1O/C(=C\c1cccnc1)C2=O. The summed E-state index contributed by atoms with van der Waals surface area (Å²) in [7, 11) is 0. The molecule has 0 saturated carbocycles. The number of phenols is 1. The minimum atomic E-state index is -0.156. The molecule has 2 aliphatic heterocycles. The third kappa shape index (κ3) is 3.10. The van der Waals surface area contributed by atoms with Gasteiger partial charge in [0.15, 0.2) is 5.76 Å². The van der Waals surface area contributed by atoms with Gasteiger partial charge in [-0.25, -0.2) is 0 Å². The number of hydrogen-bond donors (Lipinski definition) is 1. The first-order chi connectivity index (χ1) is 12.6. The maximum absolute atomic E-state index is 12.7. The number of rotatable bonds is 3. The lowest BCUT2D eigenvalue weighted by Crippen LogP contribution is -2.36. The summed E-state index contributed by atoms with van der Waals surface area (Å²) in [5.41, 5.74) is 2.01. The van der Waals surface area contributed by atoms with Crippen LogP contribution in [0.1, 0.15) is 47.7 Å². The number of carbonyl (C=O) groups excluding carboxylic acids is 1. The van der Waals surface area contributed by atoms with Gasteiger partial charge in [-0.2, -0.15) is 0 Å². The van der Waals surface area contributed by atoms with Crippen molar-refractivity contribution in [2.75, 3.05) is 6.54 Å². The number of phenolic OH excluding ortho intramolecular Hbond substituents is 1. The van der Waals surface area contributed by atoms with Gasteiger partial charge in [0.1, 0.15) is 11.5 Å². The van der Waals surface area contributed by atoms with Gasteiger partial charge in [-0.1, -0.05) is 12.5 Å². The number of aromatic hydroxyl groups is 1. The van der Waals surface area contributed by atoms with Crippen molar-refractivity contribution in [2.45, 2.75) is 38.8 Å². The minimum Gasteiger partial charge on any atom is -0.507 e. The largest absolute Gasteiger partial charge is 0.507 e. The Hall–Kier alpha value is -2.66.